The average Bonchev–Trinajstić information content (AvgIpc) is 1.89. The molecule has 0 N–H and O–H groups in total. The third kappa shape index (κ3) is 1.66. The van der Waals surface area contributed by atoms with Crippen LogP contribution in [0.3, 0.4) is 0 Å². The Kier molecular flexibility index (Phi) is 2.49. The van der Waals surface area contributed by atoms with E-state index in [4.69, 9.17) is 11.6 Å². The maximum absolute atomic E-state index is 5.54. The Balaban J connectivity index is 3.01. The highest BCUT2D eigenvalue weighted by Gasteiger charge is 1.94. The summed E-state index contributed by atoms with van der Waals surface area (Å²) in [6, 6.07) is 3.78. The molecule has 0 aliphatic carbocycles. The van der Waals surface area contributed by atoms with Crippen molar-refractivity contribution in [1.82, 2.24) is 4.98 Å². The van der Waals surface area contributed by atoms with Crippen molar-refractivity contribution in [2.24, 2.45) is 0 Å². The smallest absolute Gasteiger partial charge is 0.0693 e. The Morgan fingerprint density at radius 1 is 1.67 bits per heavy atom. The molecule has 0 unspecified atom stereocenters. The highest BCUT2D eigenvalue weighted by Crippen LogP contribution is 2.14. The van der Waals surface area contributed by atoms with Crippen molar-refractivity contribution in [1.29, 1.82) is 0 Å². The number of hydrogen-bond donors (Lipinski definition) is 0. The molecule has 0 aliphatic rings. The standard InChI is InChI=1S/C6H5BrClN/c7-5-2-1-3-9-6(5)4-8/h1-3H,4H2. The molecule has 0 aromatic carbocycles. The Bertz CT molecular complexity index is 202. The molecule has 0 aliphatic heterocycles. The van der Waals surface area contributed by atoms with Crippen LogP contribution in [0.5, 0.6) is 0 Å². The van der Waals surface area contributed by atoms with Crippen molar-refractivity contribution in [2.45, 2.75) is 5.88 Å². The molecule has 0 atom stereocenters. The first-order chi connectivity index (χ1) is 4.34. The van der Waals surface area contributed by atoms with Gasteiger partial charge in [0, 0.05) is 10.7 Å². The largest absolute Gasteiger partial charge is 0.259 e. The second kappa shape index (κ2) is 3.18. The van der Waals surface area contributed by atoms with Gasteiger partial charge in [-0.15, -0.1) is 11.6 Å². The Morgan fingerprint density at radius 3 is 2.89 bits per heavy atom. The molecule has 0 bridgehead atoms. The zero-order valence-electron chi connectivity index (χ0n) is 4.64. The molecule has 1 aromatic rings. The SMILES string of the molecule is ClCc1ncccc1Br. The number of hydrogen-bond acceptors (Lipinski definition) is 1. The van der Waals surface area contributed by atoms with E-state index in [0.717, 1.165) is 10.2 Å². The molecule has 0 saturated carbocycles. The van der Waals surface area contributed by atoms with E-state index in [9.17, 15) is 0 Å². The first-order valence-corrected chi connectivity index (χ1v) is 3.82. The maximum Gasteiger partial charge on any atom is 0.0693 e. The molecule has 0 spiro atoms. The molecule has 48 valence electrons. The van der Waals surface area contributed by atoms with Gasteiger partial charge in [0.1, 0.15) is 0 Å². The summed E-state index contributed by atoms with van der Waals surface area (Å²) in [5.74, 6) is 0.460. The molecule has 0 amide bonds. The van der Waals surface area contributed by atoms with Crippen molar-refractivity contribution in [3.63, 3.8) is 0 Å². The summed E-state index contributed by atoms with van der Waals surface area (Å²) in [6.07, 6.45) is 1.72. The monoisotopic (exact) mass is 205 g/mol. The van der Waals surface area contributed by atoms with Gasteiger partial charge in [0.15, 0.2) is 0 Å². The summed E-state index contributed by atoms with van der Waals surface area (Å²) in [5, 5.41) is 0. The van der Waals surface area contributed by atoms with Crippen LogP contribution in [0.25, 0.3) is 0 Å². The summed E-state index contributed by atoms with van der Waals surface area (Å²) < 4.78 is 0.972. The predicted octanol–water partition coefficient (Wildman–Crippen LogP) is 2.58. The summed E-state index contributed by atoms with van der Waals surface area (Å²) in [6.45, 7) is 0. The highest BCUT2D eigenvalue weighted by atomic mass is 79.9. The molecule has 1 aromatic heterocycles. The fourth-order valence-electron chi connectivity index (χ4n) is 0.517. The van der Waals surface area contributed by atoms with E-state index < -0.39 is 0 Å². The van der Waals surface area contributed by atoms with E-state index >= 15 is 0 Å². The minimum Gasteiger partial charge on any atom is -0.259 e. The minimum atomic E-state index is 0.460. The molecule has 3 heteroatoms. The van der Waals surface area contributed by atoms with Gasteiger partial charge in [0.2, 0.25) is 0 Å². The molecule has 1 rings (SSSR count). The summed E-state index contributed by atoms with van der Waals surface area (Å²) >= 11 is 8.85. The van der Waals surface area contributed by atoms with Crippen LogP contribution in [0.4, 0.5) is 0 Å². The summed E-state index contributed by atoms with van der Waals surface area (Å²) in [7, 11) is 0. The average molecular weight is 206 g/mol. The molecule has 9 heavy (non-hydrogen) atoms. The van der Waals surface area contributed by atoms with Crippen LogP contribution in [0, 0.1) is 0 Å². The lowest BCUT2D eigenvalue weighted by atomic mass is 10.4. The molecule has 1 nitrogen and oxygen atoms in total. The van der Waals surface area contributed by atoms with Gasteiger partial charge >= 0.3 is 0 Å². The number of nitrogens with zero attached hydrogens (tertiary/aromatic N) is 1. The third-order valence-electron chi connectivity index (χ3n) is 0.961. The summed E-state index contributed by atoms with van der Waals surface area (Å²) in [5.41, 5.74) is 0.888. The van der Waals surface area contributed by atoms with Crippen molar-refractivity contribution in [2.75, 3.05) is 0 Å². The second-order valence-corrected chi connectivity index (χ2v) is 2.69. The normalized spacial score (nSPS) is 9.56. The molecule has 0 saturated heterocycles. The number of rotatable bonds is 1. The van der Waals surface area contributed by atoms with Crippen LogP contribution < -0.4 is 0 Å². The van der Waals surface area contributed by atoms with Crippen LogP contribution in [0.15, 0.2) is 22.8 Å². The third-order valence-corrected chi connectivity index (χ3v) is 1.94. The van der Waals surface area contributed by atoms with E-state index in [0.29, 0.717) is 5.88 Å². The van der Waals surface area contributed by atoms with Crippen LogP contribution in [0.1, 0.15) is 5.69 Å². The lowest BCUT2D eigenvalue weighted by Crippen LogP contribution is -1.83. The lowest BCUT2D eigenvalue weighted by molar-refractivity contribution is 1.15. The first kappa shape index (κ1) is 7.03. The zero-order chi connectivity index (χ0) is 6.69. The van der Waals surface area contributed by atoms with E-state index in [1.54, 1.807) is 6.20 Å². The van der Waals surface area contributed by atoms with Gasteiger partial charge in [-0.05, 0) is 28.1 Å². The van der Waals surface area contributed by atoms with Gasteiger partial charge in [-0.1, -0.05) is 0 Å². The Labute approximate surface area is 67.2 Å². The minimum absolute atomic E-state index is 0.460. The quantitative estimate of drug-likeness (QED) is 0.644. The fraction of sp³-hybridized carbons (Fsp3) is 0.167. The summed E-state index contributed by atoms with van der Waals surface area (Å²) in [4.78, 5) is 4.02. The number of aromatic nitrogens is 1. The molecule has 0 radical (unpaired) electrons. The molecular weight excluding hydrogens is 201 g/mol. The second-order valence-electron chi connectivity index (χ2n) is 1.57. The highest BCUT2D eigenvalue weighted by molar-refractivity contribution is 9.10. The van der Waals surface area contributed by atoms with Crippen LogP contribution in [-0.4, -0.2) is 4.98 Å². The molecular formula is C6H5BrClN. The van der Waals surface area contributed by atoms with Crippen LogP contribution in [-0.2, 0) is 5.88 Å². The van der Waals surface area contributed by atoms with Crippen molar-refractivity contribution in [3.05, 3.63) is 28.5 Å². The first-order valence-electron chi connectivity index (χ1n) is 2.50. The van der Waals surface area contributed by atoms with Crippen molar-refractivity contribution >= 4 is 27.5 Å². The fourth-order valence-corrected chi connectivity index (χ4v) is 1.29. The van der Waals surface area contributed by atoms with Gasteiger partial charge in [0.25, 0.3) is 0 Å². The Hall–Kier alpha value is -0.0800. The number of pyridine rings is 1. The lowest BCUT2D eigenvalue weighted by Gasteiger charge is -1.94. The maximum atomic E-state index is 5.54. The van der Waals surface area contributed by atoms with E-state index in [-0.39, 0.29) is 0 Å². The van der Waals surface area contributed by atoms with Gasteiger partial charge in [-0.25, -0.2) is 0 Å². The van der Waals surface area contributed by atoms with E-state index in [2.05, 4.69) is 20.9 Å². The molecule has 0 fully saturated rings. The van der Waals surface area contributed by atoms with Crippen molar-refractivity contribution in [3.8, 4) is 0 Å². The predicted molar refractivity (Wildman–Crippen MR) is 41.5 cm³/mol. The van der Waals surface area contributed by atoms with Gasteiger partial charge in [-0.3, -0.25) is 4.98 Å². The topological polar surface area (TPSA) is 12.9 Å². The molecule has 1 heterocycles. The zero-order valence-corrected chi connectivity index (χ0v) is 6.98. The van der Waals surface area contributed by atoms with Gasteiger partial charge in [0.05, 0.1) is 11.6 Å². The van der Waals surface area contributed by atoms with E-state index in [1.165, 1.54) is 0 Å². The van der Waals surface area contributed by atoms with E-state index in [1.807, 2.05) is 12.1 Å². The van der Waals surface area contributed by atoms with Crippen LogP contribution >= 0.6 is 27.5 Å². The Morgan fingerprint density at radius 2 is 2.44 bits per heavy atom. The van der Waals surface area contributed by atoms with Crippen molar-refractivity contribution < 1.29 is 0 Å². The number of alkyl halides is 1. The van der Waals surface area contributed by atoms with Gasteiger partial charge < -0.3 is 0 Å². The van der Waals surface area contributed by atoms with Crippen LogP contribution in [0.2, 0.25) is 0 Å². The number of halogens is 2. The van der Waals surface area contributed by atoms with Gasteiger partial charge in [-0.2, -0.15) is 0 Å².